The lowest BCUT2D eigenvalue weighted by atomic mass is 10.2. The summed E-state index contributed by atoms with van der Waals surface area (Å²) in [5, 5.41) is 6.96. The zero-order valence-corrected chi connectivity index (χ0v) is 11.7. The average molecular weight is 298 g/mol. The molecule has 2 aromatic heterocycles. The number of hydrogen-bond acceptors (Lipinski definition) is 3. The molecule has 0 aliphatic rings. The number of halogens is 3. The summed E-state index contributed by atoms with van der Waals surface area (Å²) in [6.07, 6.45) is 0.237. The Morgan fingerprint density at radius 3 is 2.62 bits per heavy atom. The zero-order chi connectivity index (χ0) is 15.3. The van der Waals surface area contributed by atoms with Crippen molar-refractivity contribution >= 4 is 0 Å². The Balaban J connectivity index is 1.95. The van der Waals surface area contributed by atoms with Crippen molar-refractivity contribution in [3.63, 3.8) is 0 Å². The summed E-state index contributed by atoms with van der Waals surface area (Å²) < 4.78 is 38.6. The molecule has 114 valence electrons. The van der Waals surface area contributed by atoms with Crippen LogP contribution in [0, 0.1) is 0 Å². The zero-order valence-electron chi connectivity index (χ0n) is 11.7. The van der Waals surface area contributed by atoms with Gasteiger partial charge in [-0.1, -0.05) is 13.0 Å². The lowest BCUT2D eigenvalue weighted by molar-refractivity contribution is -0.137. The summed E-state index contributed by atoms with van der Waals surface area (Å²) in [6, 6.07) is 3.72. The summed E-state index contributed by atoms with van der Waals surface area (Å²) in [4.78, 5) is 4.24. The minimum Gasteiger partial charge on any atom is -0.313 e. The summed E-state index contributed by atoms with van der Waals surface area (Å²) in [7, 11) is 0. The van der Waals surface area contributed by atoms with Gasteiger partial charge in [0.05, 0.1) is 24.0 Å². The first kappa shape index (κ1) is 15.5. The second-order valence-corrected chi connectivity index (χ2v) is 4.76. The van der Waals surface area contributed by atoms with Gasteiger partial charge in [-0.3, -0.25) is 9.67 Å². The third-order valence-electron chi connectivity index (χ3n) is 2.93. The lowest BCUT2D eigenvalue weighted by Crippen LogP contribution is -2.14. The van der Waals surface area contributed by atoms with Crippen LogP contribution in [0.2, 0.25) is 0 Å². The van der Waals surface area contributed by atoms with Crippen LogP contribution in [0.1, 0.15) is 30.2 Å². The Morgan fingerprint density at radius 1 is 1.24 bits per heavy atom. The van der Waals surface area contributed by atoms with Crippen molar-refractivity contribution in [3.8, 4) is 0 Å². The molecule has 4 nitrogen and oxygen atoms in total. The minimum absolute atomic E-state index is 0.221. The van der Waals surface area contributed by atoms with Crippen LogP contribution in [-0.2, 0) is 19.3 Å². The van der Waals surface area contributed by atoms with Crippen molar-refractivity contribution in [1.82, 2.24) is 20.1 Å². The highest BCUT2D eigenvalue weighted by molar-refractivity contribution is 5.15. The van der Waals surface area contributed by atoms with Crippen molar-refractivity contribution in [1.29, 1.82) is 0 Å². The van der Waals surface area contributed by atoms with E-state index in [2.05, 4.69) is 22.3 Å². The van der Waals surface area contributed by atoms with Gasteiger partial charge in [-0.15, -0.1) is 0 Å². The second-order valence-electron chi connectivity index (χ2n) is 4.76. The van der Waals surface area contributed by atoms with Crippen LogP contribution in [0.5, 0.6) is 0 Å². The predicted octanol–water partition coefficient (Wildman–Crippen LogP) is 2.84. The van der Waals surface area contributed by atoms with Gasteiger partial charge in [0, 0.05) is 18.9 Å². The number of hydrogen-bond donors (Lipinski definition) is 1. The van der Waals surface area contributed by atoms with Gasteiger partial charge < -0.3 is 5.32 Å². The number of nitrogens with zero attached hydrogens (tertiary/aromatic N) is 3. The van der Waals surface area contributed by atoms with Gasteiger partial charge in [0.25, 0.3) is 0 Å². The van der Waals surface area contributed by atoms with Crippen LogP contribution in [0.3, 0.4) is 0 Å². The number of pyridine rings is 1. The fourth-order valence-corrected chi connectivity index (χ4v) is 1.83. The van der Waals surface area contributed by atoms with Gasteiger partial charge in [0.1, 0.15) is 0 Å². The molecule has 0 saturated heterocycles. The molecule has 2 rings (SSSR count). The van der Waals surface area contributed by atoms with Crippen molar-refractivity contribution < 1.29 is 13.2 Å². The monoisotopic (exact) mass is 298 g/mol. The molecular weight excluding hydrogens is 281 g/mol. The molecule has 21 heavy (non-hydrogen) atoms. The maximum atomic E-state index is 12.5. The quantitative estimate of drug-likeness (QED) is 0.834. The molecule has 7 heteroatoms. The van der Waals surface area contributed by atoms with Crippen LogP contribution in [0.15, 0.2) is 30.7 Å². The Hall–Kier alpha value is -1.89. The molecule has 0 aliphatic carbocycles. The highest BCUT2D eigenvalue weighted by atomic mass is 19.4. The van der Waals surface area contributed by atoms with Crippen LogP contribution in [-0.4, -0.2) is 21.3 Å². The van der Waals surface area contributed by atoms with Crippen LogP contribution < -0.4 is 5.32 Å². The average Bonchev–Trinajstić information content (AvgIpc) is 2.90. The van der Waals surface area contributed by atoms with E-state index in [1.165, 1.54) is 4.68 Å². The van der Waals surface area contributed by atoms with E-state index in [9.17, 15) is 13.2 Å². The summed E-state index contributed by atoms with van der Waals surface area (Å²) >= 11 is 0. The smallest absolute Gasteiger partial charge is 0.313 e. The Morgan fingerprint density at radius 2 is 2.05 bits per heavy atom. The van der Waals surface area contributed by atoms with E-state index < -0.39 is 11.7 Å². The lowest BCUT2D eigenvalue weighted by Gasteiger charge is -2.05. The van der Waals surface area contributed by atoms with Gasteiger partial charge in [-0.05, 0) is 24.6 Å². The molecule has 0 spiro atoms. The molecule has 0 fully saturated rings. The molecule has 2 heterocycles. The maximum absolute atomic E-state index is 12.5. The highest BCUT2D eigenvalue weighted by Gasteiger charge is 2.32. The van der Waals surface area contributed by atoms with Crippen molar-refractivity contribution in [3.05, 3.63) is 47.5 Å². The van der Waals surface area contributed by atoms with Crippen molar-refractivity contribution in [2.75, 3.05) is 6.54 Å². The largest absolute Gasteiger partial charge is 0.419 e. The molecule has 0 radical (unpaired) electrons. The fraction of sp³-hybridized carbons (Fsp3) is 0.429. The van der Waals surface area contributed by atoms with Gasteiger partial charge in [-0.2, -0.15) is 18.3 Å². The van der Waals surface area contributed by atoms with Gasteiger partial charge in [0.2, 0.25) is 0 Å². The highest BCUT2D eigenvalue weighted by Crippen LogP contribution is 2.28. The third kappa shape index (κ3) is 4.56. The van der Waals surface area contributed by atoms with Crippen molar-refractivity contribution in [2.24, 2.45) is 0 Å². The standard InChI is InChI=1S/C14H17F3N4/c1-2-5-18-6-11-3-4-13(19-7-11)10-21-9-12(8-20-21)14(15,16)17/h3-4,7-9,18H,2,5-6,10H2,1H3. The first-order valence-corrected chi connectivity index (χ1v) is 6.73. The van der Waals surface area contributed by atoms with Gasteiger partial charge in [0.15, 0.2) is 0 Å². The van der Waals surface area contributed by atoms with Gasteiger partial charge >= 0.3 is 6.18 Å². The summed E-state index contributed by atoms with van der Waals surface area (Å²) in [5.41, 5.74) is 0.970. The Labute approximate surface area is 121 Å². The molecule has 0 atom stereocenters. The van der Waals surface area contributed by atoms with E-state index in [0.29, 0.717) is 5.69 Å². The van der Waals surface area contributed by atoms with Crippen LogP contribution >= 0.6 is 0 Å². The van der Waals surface area contributed by atoms with E-state index in [1.54, 1.807) is 12.3 Å². The molecule has 0 unspecified atom stereocenters. The molecule has 1 N–H and O–H groups in total. The minimum atomic E-state index is -4.36. The van der Waals surface area contributed by atoms with E-state index in [1.807, 2.05) is 6.07 Å². The summed E-state index contributed by atoms with van der Waals surface area (Å²) in [6.45, 7) is 3.99. The Kier molecular flexibility index (Phi) is 4.95. The molecule has 0 amide bonds. The van der Waals surface area contributed by atoms with Crippen molar-refractivity contribution in [2.45, 2.75) is 32.6 Å². The van der Waals surface area contributed by atoms with E-state index in [-0.39, 0.29) is 6.54 Å². The number of aromatic nitrogens is 3. The maximum Gasteiger partial charge on any atom is 0.419 e. The summed E-state index contributed by atoms with van der Waals surface area (Å²) in [5.74, 6) is 0. The predicted molar refractivity (Wildman–Crippen MR) is 72.6 cm³/mol. The molecule has 0 bridgehead atoms. The van der Waals surface area contributed by atoms with Crippen LogP contribution in [0.25, 0.3) is 0 Å². The topological polar surface area (TPSA) is 42.7 Å². The first-order chi connectivity index (χ1) is 9.99. The number of nitrogens with one attached hydrogen (secondary N) is 1. The molecule has 0 aliphatic heterocycles. The van der Waals surface area contributed by atoms with E-state index in [0.717, 1.165) is 37.5 Å². The Bertz CT molecular complexity index is 560. The molecular formula is C14H17F3N4. The van der Waals surface area contributed by atoms with Crippen LogP contribution in [0.4, 0.5) is 13.2 Å². The fourth-order valence-electron chi connectivity index (χ4n) is 1.83. The molecule has 0 saturated carbocycles. The second kappa shape index (κ2) is 6.71. The molecule has 2 aromatic rings. The van der Waals surface area contributed by atoms with Gasteiger partial charge in [-0.25, -0.2) is 0 Å². The first-order valence-electron chi connectivity index (χ1n) is 6.73. The van der Waals surface area contributed by atoms with E-state index >= 15 is 0 Å². The number of alkyl halides is 3. The normalized spacial score (nSPS) is 11.8. The van der Waals surface area contributed by atoms with E-state index in [4.69, 9.17) is 0 Å². The molecule has 0 aromatic carbocycles. The number of rotatable bonds is 6. The third-order valence-corrected chi connectivity index (χ3v) is 2.93. The SMILES string of the molecule is CCCNCc1ccc(Cn2cc(C(F)(F)F)cn2)nc1.